The molecule has 1 aromatic carbocycles. The van der Waals surface area contributed by atoms with E-state index >= 15 is 0 Å². The molecule has 0 aliphatic rings. The molecule has 0 heterocycles. The Bertz CT molecular complexity index is 389. The molecule has 98 valence electrons. The van der Waals surface area contributed by atoms with Crippen LogP contribution in [0, 0.1) is 5.92 Å². The quantitative estimate of drug-likeness (QED) is 0.571. The first-order chi connectivity index (χ1) is 8.60. The average Bonchev–Trinajstić information content (AvgIpc) is 2.39. The Morgan fingerprint density at radius 3 is 2.56 bits per heavy atom. The number of ether oxygens (including phenoxy) is 1. The lowest BCUT2D eigenvalue weighted by molar-refractivity contribution is -0.148. The van der Waals surface area contributed by atoms with Gasteiger partial charge in [0.1, 0.15) is 6.04 Å². The summed E-state index contributed by atoms with van der Waals surface area (Å²) in [6, 6.07) is 9.76. The van der Waals surface area contributed by atoms with Crippen molar-refractivity contribution in [2.75, 3.05) is 14.2 Å². The first-order valence-corrected chi connectivity index (χ1v) is 6.04. The Morgan fingerprint density at radius 2 is 2.06 bits per heavy atom. The second kappa shape index (κ2) is 6.97. The van der Waals surface area contributed by atoms with Gasteiger partial charge in [-0.15, -0.1) is 6.58 Å². The van der Waals surface area contributed by atoms with Crippen molar-refractivity contribution in [2.24, 2.45) is 5.92 Å². The van der Waals surface area contributed by atoms with E-state index in [0.29, 0.717) is 6.54 Å². The molecule has 0 aromatic heterocycles. The summed E-state index contributed by atoms with van der Waals surface area (Å²) in [5.74, 6) is -0.174. The van der Waals surface area contributed by atoms with Crippen LogP contribution in [0.25, 0.3) is 0 Å². The predicted molar refractivity (Wildman–Crippen MR) is 73.1 cm³/mol. The van der Waals surface area contributed by atoms with E-state index in [1.165, 1.54) is 12.7 Å². The van der Waals surface area contributed by atoms with Gasteiger partial charge >= 0.3 is 5.97 Å². The number of methoxy groups -OCH3 is 1. The highest BCUT2D eigenvalue weighted by Crippen LogP contribution is 2.15. The molecular weight excluding hydrogens is 226 g/mol. The topological polar surface area (TPSA) is 29.5 Å². The van der Waals surface area contributed by atoms with Crippen LogP contribution in [0.3, 0.4) is 0 Å². The minimum Gasteiger partial charge on any atom is -0.468 e. The Balaban J connectivity index is 2.79. The predicted octanol–water partition coefficient (Wildman–Crippen LogP) is 2.48. The summed E-state index contributed by atoms with van der Waals surface area (Å²) < 4.78 is 4.87. The van der Waals surface area contributed by atoms with Gasteiger partial charge in [-0.1, -0.05) is 43.3 Å². The second-order valence-electron chi connectivity index (χ2n) is 4.46. The van der Waals surface area contributed by atoms with Crippen LogP contribution >= 0.6 is 0 Å². The molecule has 0 saturated heterocycles. The van der Waals surface area contributed by atoms with Crippen molar-refractivity contribution in [1.29, 1.82) is 0 Å². The molecule has 0 bridgehead atoms. The highest BCUT2D eigenvalue weighted by atomic mass is 16.5. The zero-order valence-electron chi connectivity index (χ0n) is 11.3. The third-order valence-electron chi connectivity index (χ3n) is 3.06. The number of nitrogens with zero attached hydrogens (tertiary/aromatic N) is 1. The Labute approximate surface area is 109 Å². The van der Waals surface area contributed by atoms with E-state index in [9.17, 15) is 4.79 Å². The minimum atomic E-state index is -0.298. The lowest BCUT2D eigenvalue weighted by Crippen LogP contribution is -2.42. The molecular formula is C15H21NO2. The lowest BCUT2D eigenvalue weighted by Gasteiger charge is -2.29. The highest BCUT2D eigenvalue weighted by molar-refractivity contribution is 5.76. The Hall–Kier alpha value is -1.61. The number of benzene rings is 1. The molecule has 0 amide bonds. The van der Waals surface area contributed by atoms with Gasteiger partial charge in [0.2, 0.25) is 0 Å². The van der Waals surface area contributed by atoms with Crippen LogP contribution < -0.4 is 0 Å². The first kappa shape index (κ1) is 14.5. The fourth-order valence-corrected chi connectivity index (χ4v) is 2.02. The maximum atomic E-state index is 11.8. The van der Waals surface area contributed by atoms with Crippen molar-refractivity contribution in [3.63, 3.8) is 0 Å². The van der Waals surface area contributed by atoms with E-state index in [0.717, 1.165) is 0 Å². The number of hydrogen-bond donors (Lipinski definition) is 0. The van der Waals surface area contributed by atoms with Crippen LogP contribution in [0.2, 0.25) is 0 Å². The molecule has 0 spiro atoms. The summed E-state index contributed by atoms with van der Waals surface area (Å²) in [5.41, 5.74) is 1.17. The van der Waals surface area contributed by atoms with Gasteiger partial charge in [-0.3, -0.25) is 9.69 Å². The largest absolute Gasteiger partial charge is 0.468 e. The number of esters is 1. The van der Waals surface area contributed by atoms with E-state index in [2.05, 4.69) is 6.58 Å². The molecule has 1 aromatic rings. The van der Waals surface area contributed by atoms with Gasteiger partial charge in [0.25, 0.3) is 0 Å². The summed E-state index contributed by atoms with van der Waals surface area (Å²) in [7, 11) is 3.34. The molecule has 1 rings (SSSR count). The number of likely N-dealkylation sites (N-methyl/N-ethyl adjacent to an activating group) is 1. The minimum absolute atomic E-state index is 0.0474. The standard InChI is InChI=1S/C15H21NO2/c1-5-12(2)14(15(17)18-4)16(3)11-13-9-7-6-8-10-13/h5-10,12,14H,1,11H2,2-4H3. The van der Waals surface area contributed by atoms with Crippen LogP contribution in [0.15, 0.2) is 43.0 Å². The molecule has 2 unspecified atom stereocenters. The van der Waals surface area contributed by atoms with Crippen molar-refractivity contribution < 1.29 is 9.53 Å². The second-order valence-corrected chi connectivity index (χ2v) is 4.46. The van der Waals surface area contributed by atoms with Crippen molar-refractivity contribution in [2.45, 2.75) is 19.5 Å². The first-order valence-electron chi connectivity index (χ1n) is 6.04. The van der Waals surface area contributed by atoms with Gasteiger partial charge < -0.3 is 4.74 Å². The third kappa shape index (κ3) is 3.70. The average molecular weight is 247 g/mol. The monoisotopic (exact) mass is 247 g/mol. The Kier molecular flexibility index (Phi) is 5.59. The van der Waals surface area contributed by atoms with Crippen LogP contribution in [-0.4, -0.2) is 31.1 Å². The van der Waals surface area contributed by atoms with Crippen molar-refractivity contribution >= 4 is 5.97 Å². The molecule has 2 atom stereocenters. The molecule has 0 aliphatic heterocycles. The number of carbonyl (C=O) groups excluding carboxylic acids is 1. The van der Waals surface area contributed by atoms with Crippen LogP contribution in [0.1, 0.15) is 12.5 Å². The van der Waals surface area contributed by atoms with Gasteiger partial charge in [0.05, 0.1) is 7.11 Å². The third-order valence-corrected chi connectivity index (χ3v) is 3.06. The molecule has 3 nitrogen and oxygen atoms in total. The van der Waals surface area contributed by atoms with Crippen molar-refractivity contribution in [1.82, 2.24) is 4.90 Å². The summed E-state index contributed by atoms with van der Waals surface area (Å²) >= 11 is 0. The molecule has 0 aliphatic carbocycles. The van der Waals surface area contributed by atoms with Crippen molar-refractivity contribution in [3.8, 4) is 0 Å². The van der Waals surface area contributed by atoms with Gasteiger partial charge in [-0.05, 0) is 18.5 Å². The van der Waals surface area contributed by atoms with Crippen LogP contribution in [0.4, 0.5) is 0 Å². The number of carbonyl (C=O) groups is 1. The Morgan fingerprint density at radius 1 is 1.44 bits per heavy atom. The zero-order valence-corrected chi connectivity index (χ0v) is 11.3. The van der Waals surface area contributed by atoms with E-state index in [1.54, 1.807) is 6.08 Å². The van der Waals surface area contributed by atoms with E-state index in [-0.39, 0.29) is 17.9 Å². The zero-order chi connectivity index (χ0) is 13.5. The van der Waals surface area contributed by atoms with Crippen LogP contribution in [-0.2, 0) is 16.1 Å². The SMILES string of the molecule is C=CC(C)C(C(=O)OC)N(C)Cc1ccccc1. The van der Waals surface area contributed by atoms with E-state index in [1.807, 2.05) is 49.2 Å². The van der Waals surface area contributed by atoms with E-state index in [4.69, 9.17) is 4.74 Å². The fourth-order valence-electron chi connectivity index (χ4n) is 2.02. The number of rotatable bonds is 6. The van der Waals surface area contributed by atoms with Gasteiger partial charge in [0.15, 0.2) is 0 Å². The van der Waals surface area contributed by atoms with Gasteiger partial charge in [-0.2, -0.15) is 0 Å². The summed E-state index contributed by atoms with van der Waals surface area (Å²) in [5, 5.41) is 0. The molecule has 0 N–H and O–H groups in total. The normalized spacial score (nSPS) is 14.0. The van der Waals surface area contributed by atoms with Gasteiger partial charge in [-0.25, -0.2) is 0 Å². The lowest BCUT2D eigenvalue weighted by atomic mass is 10.0. The molecule has 0 saturated carbocycles. The molecule has 3 heteroatoms. The van der Waals surface area contributed by atoms with Crippen molar-refractivity contribution in [3.05, 3.63) is 48.6 Å². The summed E-state index contributed by atoms with van der Waals surface area (Å²) in [6.07, 6.45) is 1.78. The maximum absolute atomic E-state index is 11.8. The molecule has 0 radical (unpaired) electrons. The summed E-state index contributed by atoms with van der Waals surface area (Å²) in [4.78, 5) is 13.8. The van der Waals surface area contributed by atoms with E-state index < -0.39 is 0 Å². The molecule has 0 fully saturated rings. The fraction of sp³-hybridized carbons (Fsp3) is 0.400. The highest BCUT2D eigenvalue weighted by Gasteiger charge is 2.28. The van der Waals surface area contributed by atoms with Crippen LogP contribution in [0.5, 0.6) is 0 Å². The smallest absolute Gasteiger partial charge is 0.323 e. The maximum Gasteiger partial charge on any atom is 0.323 e. The van der Waals surface area contributed by atoms with Gasteiger partial charge in [0, 0.05) is 6.54 Å². The summed E-state index contributed by atoms with van der Waals surface area (Å²) in [6.45, 7) is 6.43. The number of hydrogen-bond acceptors (Lipinski definition) is 3. The molecule has 18 heavy (non-hydrogen) atoms.